The molecular formula is C33H56N2O10. The van der Waals surface area contributed by atoms with Gasteiger partial charge in [0.15, 0.2) is 6.29 Å². The number of unbranched alkanes of at least 4 members (excludes halogenated alkanes) is 6. The van der Waals surface area contributed by atoms with Crippen LogP contribution in [0.25, 0.3) is 0 Å². The predicted octanol–water partition coefficient (Wildman–Crippen LogP) is 1.91. The largest absolute Gasteiger partial charge is 0.394 e. The average Bonchev–Trinajstić information content (AvgIpc) is 3.03. The molecule has 258 valence electrons. The molecule has 12 heteroatoms. The first-order valence-electron chi connectivity index (χ1n) is 16.6. The van der Waals surface area contributed by atoms with Gasteiger partial charge in [-0.1, -0.05) is 64.5 Å². The number of amides is 2. The van der Waals surface area contributed by atoms with E-state index >= 15 is 0 Å². The Balaban J connectivity index is 1.91. The van der Waals surface area contributed by atoms with E-state index in [9.17, 15) is 40.2 Å². The summed E-state index contributed by atoms with van der Waals surface area (Å²) in [5, 5.41) is 67.1. The summed E-state index contributed by atoms with van der Waals surface area (Å²) in [5.41, 5.74) is 1.90. The van der Waals surface area contributed by atoms with Crippen LogP contribution in [0.4, 0.5) is 5.69 Å². The second kappa shape index (κ2) is 21.6. The second-order valence-corrected chi connectivity index (χ2v) is 12.0. The van der Waals surface area contributed by atoms with Gasteiger partial charge in [0.2, 0.25) is 11.8 Å². The quantitative estimate of drug-likeness (QED) is 0.0867. The van der Waals surface area contributed by atoms with Crippen molar-refractivity contribution in [3.05, 3.63) is 29.8 Å². The summed E-state index contributed by atoms with van der Waals surface area (Å²) in [5.74, 6) is -0.579. The molecule has 2 amide bonds. The number of hydrogen-bond donors (Lipinski definition) is 8. The first kappa shape index (κ1) is 39.0. The zero-order chi connectivity index (χ0) is 33.2. The Hall–Kier alpha value is -2.16. The van der Waals surface area contributed by atoms with Gasteiger partial charge >= 0.3 is 0 Å². The van der Waals surface area contributed by atoms with E-state index < -0.39 is 62.2 Å². The Bertz CT molecular complexity index is 963. The van der Waals surface area contributed by atoms with Crippen molar-refractivity contribution in [1.82, 2.24) is 5.32 Å². The van der Waals surface area contributed by atoms with Crippen LogP contribution in [-0.4, -0.2) is 105 Å². The lowest BCUT2D eigenvalue weighted by Gasteiger charge is -2.40. The maximum atomic E-state index is 12.7. The highest BCUT2D eigenvalue weighted by molar-refractivity contribution is 5.90. The van der Waals surface area contributed by atoms with Gasteiger partial charge < -0.3 is 50.7 Å². The summed E-state index contributed by atoms with van der Waals surface area (Å²) in [7, 11) is 0. The standard InChI is InChI=1S/C33H56N2O10/c1-3-5-7-8-10-14-28(39)35-24(21-44-33-32(43)31(42)30(41)26(20-36)45-33)29(40)25(37)13-11-15-27(38)34-23-18-16-22(17-19-23)12-9-6-4-2/h16-19,24-26,29-33,36-37,40-43H,3-15,20-21H2,1-2H3,(H,34,38)(H,35,39)/t24-,25+,26+,29-,30-,31-,32+,33-/m0/s1. The second-order valence-electron chi connectivity index (χ2n) is 12.0. The van der Waals surface area contributed by atoms with E-state index in [2.05, 4.69) is 24.5 Å². The molecule has 1 fully saturated rings. The van der Waals surface area contributed by atoms with Crippen molar-refractivity contribution >= 4 is 17.5 Å². The number of nitrogens with one attached hydrogen (secondary N) is 2. The Kier molecular flexibility index (Phi) is 18.7. The predicted molar refractivity (Wildman–Crippen MR) is 169 cm³/mol. The van der Waals surface area contributed by atoms with Crippen molar-refractivity contribution in [2.24, 2.45) is 0 Å². The molecular weight excluding hydrogens is 584 g/mol. The summed E-state index contributed by atoms with van der Waals surface area (Å²) < 4.78 is 10.9. The molecule has 1 heterocycles. The molecule has 0 spiro atoms. The number of rotatable bonds is 22. The molecule has 1 aliphatic heterocycles. The summed E-state index contributed by atoms with van der Waals surface area (Å²) in [4.78, 5) is 25.2. The summed E-state index contributed by atoms with van der Waals surface area (Å²) in [6.07, 6.45) is -0.522. The van der Waals surface area contributed by atoms with Crippen molar-refractivity contribution in [1.29, 1.82) is 0 Å². The van der Waals surface area contributed by atoms with Crippen LogP contribution in [0.5, 0.6) is 0 Å². The van der Waals surface area contributed by atoms with Gasteiger partial charge in [0.1, 0.15) is 30.5 Å². The van der Waals surface area contributed by atoms with E-state index in [0.717, 1.165) is 44.9 Å². The number of aliphatic hydroxyl groups is 6. The molecule has 12 nitrogen and oxygen atoms in total. The Morgan fingerprint density at radius 3 is 2.16 bits per heavy atom. The fraction of sp³-hybridized carbons (Fsp3) is 0.758. The zero-order valence-electron chi connectivity index (χ0n) is 26.9. The number of benzene rings is 1. The minimum Gasteiger partial charge on any atom is -0.394 e. The highest BCUT2D eigenvalue weighted by atomic mass is 16.7. The lowest BCUT2D eigenvalue weighted by atomic mass is 9.99. The molecule has 0 radical (unpaired) electrons. The van der Waals surface area contributed by atoms with E-state index in [1.165, 1.54) is 12.0 Å². The van der Waals surface area contributed by atoms with Crippen LogP contribution < -0.4 is 10.6 Å². The average molecular weight is 641 g/mol. The third kappa shape index (κ3) is 14.0. The van der Waals surface area contributed by atoms with Gasteiger partial charge in [0.25, 0.3) is 0 Å². The number of carbonyl (C=O) groups excluding carboxylic acids is 2. The van der Waals surface area contributed by atoms with Crippen molar-refractivity contribution < 1.29 is 49.7 Å². The molecule has 0 saturated carbocycles. The summed E-state index contributed by atoms with van der Waals surface area (Å²) in [6.45, 7) is 3.22. The topological polar surface area (TPSA) is 198 Å². The van der Waals surface area contributed by atoms with E-state index in [-0.39, 0.29) is 37.5 Å². The van der Waals surface area contributed by atoms with Crippen LogP contribution in [0.1, 0.15) is 96.5 Å². The van der Waals surface area contributed by atoms with E-state index in [1.54, 1.807) is 0 Å². The SMILES string of the molecule is CCCCCCCC(=O)N[C@@H](CO[C@H]1O[C@H](CO)[C@H](O)[C@H](O)[C@H]1O)[C@H](O)[C@H](O)CCCC(=O)Nc1ccc(CCCCC)cc1. The lowest BCUT2D eigenvalue weighted by molar-refractivity contribution is -0.303. The lowest BCUT2D eigenvalue weighted by Crippen LogP contribution is -2.60. The van der Waals surface area contributed by atoms with Crippen LogP contribution in [0.15, 0.2) is 24.3 Å². The van der Waals surface area contributed by atoms with Gasteiger partial charge in [-0.3, -0.25) is 9.59 Å². The van der Waals surface area contributed by atoms with Crippen LogP contribution in [0.2, 0.25) is 0 Å². The van der Waals surface area contributed by atoms with Crippen molar-refractivity contribution in [3.8, 4) is 0 Å². The molecule has 0 unspecified atom stereocenters. The van der Waals surface area contributed by atoms with Gasteiger partial charge in [-0.2, -0.15) is 0 Å². The number of aliphatic hydroxyl groups excluding tert-OH is 6. The smallest absolute Gasteiger partial charge is 0.224 e. The van der Waals surface area contributed by atoms with Crippen molar-refractivity contribution in [3.63, 3.8) is 0 Å². The van der Waals surface area contributed by atoms with Gasteiger partial charge in [-0.25, -0.2) is 0 Å². The number of aryl methyl sites for hydroxylation is 1. The molecule has 1 saturated heterocycles. The van der Waals surface area contributed by atoms with Crippen molar-refractivity contribution in [2.75, 3.05) is 18.5 Å². The van der Waals surface area contributed by atoms with Crippen LogP contribution >= 0.6 is 0 Å². The van der Waals surface area contributed by atoms with Gasteiger partial charge in [0, 0.05) is 18.5 Å². The normalized spacial score (nSPS) is 23.7. The summed E-state index contributed by atoms with van der Waals surface area (Å²) >= 11 is 0. The minimum atomic E-state index is -1.66. The molecule has 8 atom stereocenters. The molecule has 2 rings (SSSR count). The highest BCUT2D eigenvalue weighted by Crippen LogP contribution is 2.23. The molecule has 8 N–H and O–H groups in total. The van der Waals surface area contributed by atoms with Gasteiger partial charge in [-0.15, -0.1) is 0 Å². The monoisotopic (exact) mass is 640 g/mol. The number of hydrogen-bond acceptors (Lipinski definition) is 10. The molecule has 0 bridgehead atoms. The van der Waals surface area contributed by atoms with Gasteiger partial charge in [-0.05, 0) is 49.8 Å². The Morgan fingerprint density at radius 2 is 1.49 bits per heavy atom. The number of anilines is 1. The first-order valence-corrected chi connectivity index (χ1v) is 16.6. The third-order valence-corrected chi connectivity index (χ3v) is 8.16. The Labute approximate surface area is 267 Å². The first-order chi connectivity index (χ1) is 21.6. The number of ether oxygens (including phenoxy) is 2. The fourth-order valence-electron chi connectivity index (χ4n) is 5.27. The fourth-order valence-corrected chi connectivity index (χ4v) is 5.27. The molecule has 1 aromatic carbocycles. The van der Waals surface area contributed by atoms with E-state index in [1.807, 2.05) is 24.3 Å². The molecule has 0 aliphatic carbocycles. The zero-order valence-corrected chi connectivity index (χ0v) is 26.9. The highest BCUT2D eigenvalue weighted by Gasteiger charge is 2.44. The summed E-state index contributed by atoms with van der Waals surface area (Å²) in [6, 6.07) is 6.61. The Morgan fingerprint density at radius 1 is 0.844 bits per heavy atom. The van der Waals surface area contributed by atoms with Gasteiger partial charge in [0.05, 0.1) is 25.4 Å². The van der Waals surface area contributed by atoms with E-state index in [4.69, 9.17) is 9.47 Å². The van der Waals surface area contributed by atoms with E-state index in [0.29, 0.717) is 12.1 Å². The molecule has 45 heavy (non-hydrogen) atoms. The number of carbonyl (C=O) groups is 2. The van der Waals surface area contributed by atoms with Crippen LogP contribution in [-0.2, 0) is 25.5 Å². The molecule has 1 aromatic rings. The molecule has 0 aromatic heterocycles. The van der Waals surface area contributed by atoms with Crippen molar-refractivity contribution in [2.45, 2.75) is 146 Å². The van der Waals surface area contributed by atoms with Crippen LogP contribution in [0, 0.1) is 0 Å². The molecule has 1 aliphatic rings. The minimum absolute atomic E-state index is 0.0639. The van der Waals surface area contributed by atoms with Crippen LogP contribution in [0.3, 0.4) is 0 Å². The maximum Gasteiger partial charge on any atom is 0.224 e. The maximum absolute atomic E-state index is 12.7. The third-order valence-electron chi connectivity index (χ3n) is 8.16.